The van der Waals surface area contributed by atoms with Crippen molar-refractivity contribution >= 4 is 11.8 Å². The van der Waals surface area contributed by atoms with Gasteiger partial charge in [0, 0.05) is 12.6 Å². The van der Waals surface area contributed by atoms with Crippen LogP contribution in [0.15, 0.2) is 18.2 Å². The van der Waals surface area contributed by atoms with Crippen LogP contribution in [-0.2, 0) is 28.9 Å². The number of hydrogen-bond acceptors (Lipinski definition) is 2. The summed E-state index contributed by atoms with van der Waals surface area (Å²) in [6.07, 6.45) is 5.57. The van der Waals surface area contributed by atoms with Crippen molar-refractivity contribution in [1.29, 1.82) is 0 Å². The van der Waals surface area contributed by atoms with Gasteiger partial charge >= 0.3 is 0 Å². The summed E-state index contributed by atoms with van der Waals surface area (Å²) < 4.78 is 0. The molecule has 0 radical (unpaired) electrons. The lowest BCUT2D eigenvalue weighted by Crippen LogP contribution is -2.49. The fourth-order valence-electron chi connectivity index (χ4n) is 3.70. The number of carbonyl (C=O) groups excluding carboxylic acids is 2. The first-order chi connectivity index (χ1) is 10.5. The number of nitrogens with two attached hydrogens (primary N) is 1. The lowest BCUT2D eigenvalue weighted by Gasteiger charge is -2.37. The summed E-state index contributed by atoms with van der Waals surface area (Å²) in [4.78, 5) is 25.9. The van der Waals surface area contributed by atoms with E-state index in [1.807, 2.05) is 4.90 Å². The monoisotopic (exact) mass is 300 g/mol. The Hall–Kier alpha value is -1.84. The summed E-state index contributed by atoms with van der Waals surface area (Å²) in [6.45, 7) is 2.53. The second kappa shape index (κ2) is 6.11. The summed E-state index contributed by atoms with van der Waals surface area (Å²) in [7, 11) is 0. The Balaban J connectivity index is 1.69. The highest BCUT2D eigenvalue weighted by Crippen LogP contribution is 2.25. The third-order valence-electron chi connectivity index (χ3n) is 5.12. The highest BCUT2D eigenvalue weighted by atomic mass is 16.2. The SMILES string of the molecule is C[C@@H]1CC[C@H](C(N)=O)CN1C(=O)Cc1ccc2c(c1)CCC2. The molecule has 1 heterocycles. The van der Waals surface area contributed by atoms with Crippen LogP contribution in [0.5, 0.6) is 0 Å². The minimum Gasteiger partial charge on any atom is -0.369 e. The van der Waals surface area contributed by atoms with E-state index in [4.69, 9.17) is 5.73 Å². The molecule has 1 aliphatic carbocycles. The minimum atomic E-state index is -0.290. The molecule has 118 valence electrons. The maximum absolute atomic E-state index is 12.6. The van der Waals surface area contributed by atoms with Gasteiger partial charge in [-0.15, -0.1) is 0 Å². The Bertz CT molecular complexity index is 597. The third kappa shape index (κ3) is 3.01. The molecule has 2 atom stereocenters. The first-order valence-corrected chi connectivity index (χ1v) is 8.24. The van der Waals surface area contributed by atoms with Gasteiger partial charge in [-0.05, 0) is 55.7 Å². The van der Waals surface area contributed by atoms with Crippen molar-refractivity contribution in [2.75, 3.05) is 6.54 Å². The number of aryl methyl sites for hydroxylation is 2. The van der Waals surface area contributed by atoms with Gasteiger partial charge in [0.05, 0.1) is 12.3 Å². The van der Waals surface area contributed by atoms with Gasteiger partial charge in [0.1, 0.15) is 0 Å². The van der Waals surface area contributed by atoms with E-state index in [0.29, 0.717) is 13.0 Å². The number of hydrogen-bond donors (Lipinski definition) is 1. The molecule has 0 spiro atoms. The molecular weight excluding hydrogens is 276 g/mol. The molecule has 0 unspecified atom stereocenters. The standard InChI is InChI=1S/C18H24N2O2/c1-12-5-7-16(18(19)22)11-20(12)17(21)10-13-6-8-14-3-2-4-15(14)9-13/h6,8-9,12,16H,2-5,7,10-11H2,1H3,(H2,19,22)/t12-,16+/m1/s1. The van der Waals surface area contributed by atoms with Crippen LogP contribution in [0.3, 0.4) is 0 Å². The topological polar surface area (TPSA) is 63.4 Å². The molecule has 4 nitrogen and oxygen atoms in total. The number of piperidine rings is 1. The molecule has 4 heteroatoms. The first-order valence-electron chi connectivity index (χ1n) is 8.24. The number of likely N-dealkylation sites (tertiary alicyclic amines) is 1. The molecule has 22 heavy (non-hydrogen) atoms. The van der Waals surface area contributed by atoms with E-state index in [-0.39, 0.29) is 23.8 Å². The Kier molecular flexibility index (Phi) is 4.19. The normalized spacial score (nSPS) is 24.1. The Morgan fingerprint density at radius 2 is 2.00 bits per heavy atom. The molecule has 0 aromatic heterocycles. The van der Waals surface area contributed by atoms with Gasteiger partial charge in [0.2, 0.25) is 11.8 Å². The average molecular weight is 300 g/mol. The number of benzene rings is 1. The van der Waals surface area contributed by atoms with E-state index in [1.165, 1.54) is 17.5 Å². The number of amides is 2. The number of rotatable bonds is 3. The maximum Gasteiger partial charge on any atom is 0.227 e. The third-order valence-corrected chi connectivity index (χ3v) is 5.12. The zero-order chi connectivity index (χ0) is 15.7. The van der Waals surface area contributed by atoms with Gasteiger partial charge in [-0.25, -0.2) is 0 Å². The fourth-order valence-corrected chi connectivity index (χ4v) is 3.70. The van der Waals surface area contributed by atoms with Gasteiger partial charge in [0.25, 0.3) is 0 Å². The summed E-state index contributed by atoms with van der Waals surface area (Å²) >= 11 is 0. The number of fused-ring (bicyclic) bond motifs is 1. The predicted octanol–water partition coefficient (Wildman–Crippen LogP) is 1.83. The molecule has 1 aliphatic heterocycles. The highest BCUT2D eigenvalue weighted by Gasteiger charge is 2.31. The molecule has 1 aromatic carbocycles. The largest absolute Gasteiger partial charge is 0.369 e. The highest BCUT2D eigenvalue weighted by molar-refractivity contribution is 5.81. The maximum atomic E-state index is 12.6. The Morgan fingerprint density at radius 1 is 1.23 bits per heavy atom. The van der Waals surface area contributed by atoms with Gasteiger partial charge in [-0.3, -0.25) is 9.59 Å². The molecule has 1 fully saturated rings. The quantitative estimate of drug-likeness (QED) is 0.925. The van der Waals surface area contributed by atoms with Crippen LogP contribution in [0.2, 0.25) is 0 Å². The second-order valence-electron chi connectivity index (χ2n) is 6.71. The zero-order valence-electron chi connectivity index (χ0n) is 13.2. The van der Waals surface area contributed by atoms with Gasteiger partial charge < -0.3 is 10.6 Å². The van der Waals surface area contributed by atoms with Crippen LogP contribution in [0.4, 0.5) is 0 Å². The van der Waals surface area contributed by atoms with E-state index < -0.39 is 0 Å². The number of carbonyl (C=O) groups is 2. The molecule has 1 aromatic rings. The molecule has 2 aliphatic rings. The Morgan fingerprint density at radius 3 is 2.77 bits per heavy atom. The summed E-state index contributed by atoms with van der Waals surface area (Å²) in [5, 5.41) is 0. The number of primary amides is 1. The van der Waals surface area contributed by atoms with E-state index in [0.717, 1.165) is 31.2 Å². The molecular formula is C18H24N2O2. The minimum absolute atomic E-state index is 0.108. The van der Waals surface area contributed by atoms with Crippen molar-refractivity contribution in [1.82, 2.24) is 4.90 Å². The van der Waals surface area contributed by atoms with E-state index >= 15 is 0 Å². The Labute approximate surface area is 131 Å². The van der Waals surface area contributed by atoms with Crippen molar-refractivity contribution in [3.8, 4) is 0 Å². The molecule has 0 saturated carbocycles. The van der Waals surface area contributed by atoms with Crippen molar-refractivity contribution in [3.63, 3.8) is 0 Å². The lowest BCUT2D eigenvalue weighted by molar-refractivity contribution is -0.136. The predicted molar refractivity (Wildman–Crippen MR) is 85.3 cm³/mol. The van der Waals surface area contributed by atoms with Gasteiger partial charge in [-0.2, -0.15) is 0 Å². The summed E-state index contributed by atoms with van der Waals surface area (Å²) in [6, 6.07) is 6.61. The van der Waals surface area contributed by atoms with Gasteiger partial charge in [0.15, 0.2) is 0 Å². The van der Waals surface area contributed by atoms with E-state index in [1.54, 1.807) is 0 Å². The molecule has 0 bridgehead atoms. The smallest absolute Gasteiger partial charge is 0.227 e. The fraction of sp³-hybridized carbons (Fsp3) is 0.556. The average Bonchev–Trinajstić information content (AvgIpc) is 2.94. The van der Waals surface area contributed by atoms with Crippen LogP contribution in [0, 0.1) is 5.92 Å². The van der Waals surface area contributed by atoms with Gasteiger partial charge in [-0.1, -0.05) is 18.2 Å². The van der Waals surface area contributed by atoms with Crippen LogP contribution in [0.1, 0.15) is 42.9 Å². The molecule has 1 saturated heterocycles. The molecule has 3 rings (SSSR count). The van der Waals surface area contributed by atoms with Crippen LogP contribution < -0.4 is 5.73 Å². The summed E-state index contributed by atoms with van der Waals surface area (Å²) in [5.74, 6) is -0.376. The molecule has 2 amide bonds. The van der Waals surface area contributed by atoms with Crippen molar-refractivity contribution in [2.45, 2.75) is 51.5 Å². The first kappa shape index (κ1) is 15.1. The van der Waals surface area contributed by atoms with E-state index in [9.17, 15) is 9.59 Å². The van der Waals surface area contributed by atoms with Crippen LogP contribution in [-0.4, -0.2) is 29.3 Å². The molecule has 2 N–H and O–H groups in total. The lowest BCUT2D eigenvalue weighted by atomic mass is 9.92. The number of nitrogens with zero attached hydrogens (tertiary/aromatic N) is 1. The van der Waals surface area contributed by atoms with Crippen LogP contribution >= 0.6 is 0 Å². The van der Waals surface area contributed by atoms with Crippen LogP contribution in [0.25, 0.3) is 0 Å². The van der Waals surface area contributed by atoms with Crippen molar-refractivity contribution in [2.24, 2.45) is 11.7 Å². The van der Waals surface area contributed by atoms with Crippen molar-refractivity contribution < 1.29 is 9.59 Å². The zero-order valence-corrected chi connectivity index (χ0v) is 13.2. The van der Waals surface area contributed by atoms with Crippen molar-refractivity contribution in [3.05, 3.63) is 34.9 Å². The second-order valence-corrected chi connectivity index (χ2v) is 6.71. The summed E-state index contributed by atoms with van der Waals surface area (Å²) in [5.41, 5.74) is 9.32. The van der Waals surface area contributed by atoms with E-state index in [2.05, 4.69) is 25.1 Å².